The van der Waals surface area contributed by atoms with E-state index >= 15 is 0 Å². The minimum atomic E-state index is -0.520. The van der Waals surface area contributed by atoms with E-state index in [0.29, 0.717) is 11.1 Å². The van der Waals surface area contributed by atoms with E-state index < -0.39 is 6.04 Å². The maximum Gasteiger partial charge on any atom is 0.184 e. The van der Waals surface area contributed by atoms with E-state index in [2.05, 4.69) is 5.32 Å². The predicted molar refractivity (Wildman–Crippen MR) is 100 cm³/mol. The predicted octanol–water partition coefficient (Wildman–Crippen LogP) is 4.96. The van der Waals surface area contributed by atoms with Crippen LogP contribution in [0.25, 0.3) is 0 Å². The Morgan fingerprint density at radius 2 is 1.40 bits per heavy atom. The summed E-state index contributed by atoms with van der Waals surface area (Å²) in [6.45, 7) is 0.283. The van der Waals surface area contributed by atoms with Gasteiger partial charge in [-0.25, -0.2) is 4.39 Å². The molecule has 0 radical (unpaired) electrons. The van der Waals surface area contributed by atoms with E-state index in [1.165, 1.54) is 6.07 Å². The molecule has 0 aliphatic rings. The smallest absolute Gasteiger partial charge is 0.184 e. The zero-order chi connectivity index (χ0) is 16.8. The van der Waals surface area contributed by atoms with Gasteiger partial charge in [0.15, 0.2) is 5.78 Å². The molecule has 0 aliphatic carbocycles. The second-order valence-corrected chi connectivity index (χ2v) is 5.55. The molecule has 0 spiro atoms. The number of carbonyl (C=O) groups excluding carboxylic acids is 1. The second-order valence-electron chi connectivity index (χ2n) is 5.55. The Kier molecular flexibility index (Phi) is 6.87. The molecule has 128 valence electrons. The van der Waals surface area contributed by atoms with Crippen LogP contribution in [0.3, 0.4) is 0 Å². The van der Waals surface area contributed by atoms with Gasteiger partial charge in [0, 0.05) is 17.7 Å². The van der Waals surface area contributed by atoms with Crippen LogP contribution in [0, 0.1) is 5.82 Å². The van der Waals surface area contributed by atoms with Crippen molar-refractivity contribution in [3.8, 4) is 0 Å². The van der Waals surface area contributed by atoms with Crippen molar-refractivity contribution in [2.24, 2.45) is 0 Å². The van der Waals surface area contributed by atoms with Crippen molar-refractivity contribution in [1.29, 1.82) is 0 Å². The van der Waals surface area contributed by atoms with Crippen LogP contribution >= 0.6 is 12.4 Å². The lowest BCUT2D eigenvalue weighted by Crippen LogP contribution is -2.28. The number of ketones is 1. The van der Waals surface area contributed by atoms with Gasteiger partial charge in [0.05, 0.1) is 6.04 Å². The van der Waals surface area contributed by atoms with E-state index in [9.17, 15) is 9.18 Å². The Bertz CT molecular complexity index is 808. The molecule has 3 rings (SSSR count). The fraction of sp³-hybridized carbons (Fsp3) is 0.0952. The summed E-state index contributed by atoms with van der Waals surface area (Å²) in [5, 5.41) is 3.20. The fourth-order valence-electron chi connectivity index (χ4n) is 2.63. The molecular formula is C21H19ClFNO. The molecule has 0 bridgehead atoms. The number of carbonyl (C=O) groups is 1. The summed E-state index contributed by atoms with van der Waals surface area (Å²) in [5.41, 5.74) is 2.04. The van der Waals surface area contributed by atoms with Crippen molar-refractivity contribution in [3.63, 3.8) is 0 Å². The molecule has 3 aromatic carbocycles. The molecule has 0 amide bonds. The van der Waals surface area contributed by atoms with Crippen LogP contribution in [0.4, 0.5) is 4.39 Å². The third-order valence-corrected chi connectivity index (χ3v) is 3.91. The molecule has 1 N–H and O–H groups in total. The van der Waals surface area contributed by atoms with E-state index in [1.807, 2.05) is 48.5 Å². The summed E-state index contributed by atoms with van der Waals surface area (Å²) in [6, 6.07) is 24.7. The zero-order valence-corrected chi connectivity index (χ0v) is 14.4. The lowest BCUT2D eigenvalue weighted by Gasteiger charge is -2.18. The first-order valence-electron chi connectivity index (χ1n) is 7.86. The number of Topliss-reactive ketones (excluding diaryl/α,β-unsaturated/α-hetero) is 1. The van der Waals surface area contributed by atoms with Gasteiger partial charge >= 0.3 is 0 Å². The van der Waals surface area contributed by atoms with Gasteiger partial charge in [0.2, 0.25) is 0 Å². The van der Waals surface area contributed by atoms with Crippen LogP contribution in [-0.4, -0.2) is 5.78 Å². The van der Waals surface area contributed by atoms with E-state index in [-0.39, 0.29) is 30.6 Å². The Morgan fingerprint density at radius 1 is 0.840 bits per heavy atom. The van der Waals surface area contributed by atoms with Gasteiger partial charge < -0.3 is 0 Å². The minimum Gasteiger partial charge on any atom is -0.299 e. The summed E-state index contributed by atoms with van der Waals surface area (Å²) in [7, 11) is 0. The first-order chi connectivity index (χ1) is 11.8. The van der Waals surface area contributed by atoms with Crippen molar-refractivity contribution in [1.82, 2.24) is 5.32 Å². The molecule has 4 heteroatoms. The molecule has 0 fully saturated rings. The van der Waals surface area contributed by atoms with Crippen LogP contribution in [0.2, 0.25) is 0 Å². The normalized spacial score (nSPS) is 11.4. The molecule has 0 aliphatic heterocycles. The lowest BCUT2D eigenvalue weighted by atomic mass is 9.97. The molecule has 2 nitrogen and oxygen atoms in total. The summed E-state index contributed by atoms with van der Waals surface area (Å²) < 4.78 is 13.8. The monoisotopic (exact) mass is 355 g/mol. The highest BCUT2D eigenvalue weighted by Crippen LogP contribution is 2.19. The van der Waals surface area contributed by atoms with E-state index in [0.717, 1.165) is 5.56 Å². The minimum absolute atomic E-state index is 0. The number of nitrogens with one attached hydrogen (secondary N) is 1. The first-order valence-corrected chi connectivity index (χ1v) is 7.86. The van der Waals surface area contributed by atoms with Crippen molar-refractivity contribution in [2.75, 3.05) is 0 Å². The number of rotatable bonds is 6. The quantitative estimate of drug-likeness (QED) is 0.633. The average Bonchev–Trinajstić information content (AvgIpc) is 2.65. The third-order valence-electron chi connectivity index (χ3n) is 3.91. The standard InChI is InChI=1S/C21H18FNO.ClH/c22-19-14-8-7-13-18(19)15-23-20(16-9-3-1-4-10-16)21(24)17-11-5-2-6-12-17;/h1-14,20,23H,15H2;1H. The highest BCUT2D eigenvalue weighted by Gasteiger charge is 2.21. The van der Waals surface area contributed by atoms with Gasteiger partial charge in [-0.3, -0.25) is 10.1 Å². The van der Waals surface area contributed by atoms with Crippen LogP contribution in [-0.2, 0) is 6.54 Å². The first kappa shape index (κ1) is 18.8. The average molecular weight is 356 g/mol. The van der Waals surface area contributed by atoms with Crippen molar-refractivity contribution in [3.05, 3.63) is 107 Å². The van der Waals surface area contributed by atoms with E-state index in [1.54, 1.807) is 30.3 Å². The molecule has 1 atom stereocenters. The number of hydrogen-bond donors (Lipinski definition) is 1. The summed E-state index contributed by atoms with van der Waals surface area (Å²) in [5.74, 6) is -0.304. The largest absolute Gasteiger partial charge is 0.299 e. The SMILES string of the molecule is Cl.O=C(c1ccccc1)C(NCc1ccccc1F)c1ccccc1. The molecule has 0 aromatic heterocycles. The molecule has 0 saturated heterocycles. The van der Waals surface area contributed by atoms with Crippen LogP contribution < -0.4 is 5.32 Å². The van der Waals surface area contributed by atoms with E-state index in [4.69, 9.17) is 0 Å². The summed E-state index contributed by atoms with van der Waals surface area (Å²) in [4.78, 5) is 12.9. The Labute approximate surface area is 153 Å². The van der Waals surface area contributed by atoms with Crippen LogP contribution in [0.5, 0.6) is 0 Å². The maximum absolute atomic E-state index is 13.8. The Balaban J connectivity index is 0.00000225. The third kappa shape index (κ3) is 4.75. The molecule has 0 saturated carbocycles. The maximum atomic E-state index is 13.8. The fourth-order valence-corrected chi connectivity index (χ4v) is 2.63. The zero-order valence-electron chi connectivity index (χ0n) is 13.6. The molecule has 3 aromatic rings. The van der Waals surface area contributed by atoms with Gasteiger partial charge in [0.25, 0.3) is 0 Å². The topological polar surface area (TPSA) is 29.1 Å². The lowest BCUT2D eigenvalue weighted by molar-refractivity contribution is 0.0942. The van der Waals surface area contributed by atoms with Crippen LogP contribution in [0.15, 0.2) is 84.9 Å². The Morgan fingerprint density at radius 3 is 2.04 bits per heavy atom. The second kappa shape index (κ2) is 9.11. The highest BCUT2D eigenvalue weighted by atomic mass is 35.5. The number of benzene rings is 3. The van der Waals surface area contributed by atoms with Gasteiger partial charge in [-0.05, 0) is 11.6 Å². The molecule has 0 heterocycles. The van der Waals surface area contributed by atoms with Gasteiger partial charge in [-0.1, -0.05) is 78.9 Å². The number of halogens is 2. The van der Waals surface area contributed by atoms with Crippen molar-refractivity contribution < 1.29 is 9.18 Å². The molecule has 25 heavy (non-hydrogen) atoms. The van der Waals surface area contributed by atoms with Gasteiger partial charge in [-0.15, -0.1) is 12.4 Å². The Hall–Kier alpha value is -2.49. The molecular weight excluding hydrogens is 337 g/mol. The number of hydrogen-bond acceptors (Lipinski definition) is 2. The van der Waals surface area contributed by atoms with Crippen LogP contribution in [0.1, 0.15) is 27.5 Å². The van der Waals surface area contributed by atoms with Crippen molar-refractivity contribution in [2.45, 2.75) is 12.6 Å². The molecule has 1 unspecified atom stereocenters. The highest BCUT2D eigenvalue weighted by molar-refractivity contribution is 6.00. The summed E-state index contributed by atoms with van der Waals surface area (Å²) in [6.07, 6.45) is 0. The van der Waals surface area contributed by atoms with Gasteiger partial charge in [-0.2, -0.15) is 0 Å². The van der Waals surface area contributed by atoms with Gasteiger partial charge in [0.1, 0.15) is 5.82 Å². The summed E-state index contributed by atoms with van der Waals surface area (Å²) >= 11 is 0. The van der Waals surface area contributed by atoms with Crippen molar-refractivity contribution >= 4 is 18.2 Å².